The number of rotatable bonds is 6. The quantitative estimate of drug-likeness (QED) is 0.270. The van der Waals surface area contributed by atoms with Crippen LogP contribution in [0.1, 0.15) is 41.0 Å². The molecular formula is C27H21F10N5O3. The molecule has 1 aromatic carbocycles. The lowest BCUT2D eigenvalue weighted by molar-refractivity contribution is -0.143. The minimum Gasteiger partial charge on any atom is -0.481 e. The number of alkyl halides is 10. The Bertz CT molecular complexity index is 1570. The van der Waals surface area contributed by atoms with E-state index in [4.69, 9.17) is 9.47 Å². The Balaban J connectivity index is 1.56. The van der Waals surface area contributed by atoms with Crippen molar-refractivity contribution < 1.29 is 58.2 Å². The number of methoxy groups -OCH3 is 1. The number of anilines is 1. The summed E-state index contributed by atoms with van der Waals surface area (Å²) in [6, 6.07) is 0.348. The van der Waals surface area contributed by atoms with E-state index < -0.39 is 71.7 Å². The summed E-state index contributed by atoms with van der Waals surface area (Å²) in [4.78, 5) is 27.5. The molecule has 3 aromatic rings. The molecule has 45 heavy (non-hydrogen) atoms. The van der Waals surface area contributed by atoms with Gasteiger partial charge < -0.3 is 14.4 Å². The first kappa shape index (κ1) is 32.0. The zero-order valence-corrected chi connectivity index (χ0v) is 23.1. The molecular weight excluding hydrogens is 632 g/mol. The number of pyridine rings is 1. The van der Waals surface area contributed by atoms with Gasteiger partial charge in [-0.25, -0.2) is 24.1 Å². The maximum absolute atomic E-state index is 13.6. The standard InChI is InChI=1S/C27H21F10N5O3/c1-12-21(13-3-14(25(29,30)31)5-15(4-13)26(32,33)34)45-24(43)42(12)11-20-19(8-39-23(40-20)41-9-17(28)10-41)18-6-16(27(35,36)37)7-38-22(18)44-2/h3-8,12,17,21H,9-11H2,1-2H3. The van der Waals surface area contributed by atoms with Gasteiger partial charge >= 0.3 is 24.6 Å². The molecule has 2 saturated heterocycles. The highest BCUT2D eigenvalue weighted by Gasteiger charge is 2.44. The highest BCUT2D eigenvalue weighted by atomic mass is 19.4. The summed E-state index contributed by atoms with van der Waals surface area (Å²) in [5.41, 5.74) is -5.38. The van der Waals surface area contributed by atoms with E-state index in [2.05, 4.69) is 15.0 Å². The number of cyclic esters (lactones) is 1. The molecule has 0 radical (unpaired) electrons. The van der Waals surface area contributed by atoms with Crippen LogP contribution in [0, 0.1) is 0 Å². The lowest BCUT2D eigenvalue weighted by Gasteiger charge is -2.34. The molecule has 0 saturated carbocycles. The van der Waals surface area contributed by atoms with Crippen molar-refractivity contribution in [1.29, 1.82) is 0 Å². The van der Waals surface area contributed by atoms with Crippen LogP contribution in [0.4, 0.5) is 54.6 Å². The van der Waals surface area contributed by atoms with Crippen LogP contribution in [-0.4, -0.2) is 58.4 Å². The lowest BCUT2D eigenvalue weighted by atomic mass is 9.97. The molecule has 0 bridgehead atoms. The van der Waals surface area contributed by atoms with Gasteiger partial charge in [-0.3, -0.25) is 4.90 Å². The van der Waals surface area contributed by atoms with Gasteiger partial charge in [-0.15, -0.1) is 0 Å². The molecule has 2 aromatic heterocycles. The molecule has 0 N–H and O–H groups in total. The Morgan fingerprint density at radius 3 is 2.00 bits per heavy atom. The van der Waals surface area contributed by atoms with E-state index in [0.29, 0.717) is 24.4 Å². The van der Waals surface area contributed by atoms with Crippen molar-refractivity contribution >= 4 is 12.0 Å². The van der Waals surface area contributed by atoms with E-state index in [-0.39, 0.29) is 47.8 Å². The second kappa shape index (κ2) is 11.2. The average Bonchev–Trinajstić information content (AvgIpc) is 3.22. The summed E-state index contributed by atoms with van der Waals surface area (Å²) in [7, 11) is 1.14. The third-order valence-electron chi connectivity index (χ3n) is 7.29. The summed E-state index contributed by atoms with van der Waals surface area (Å²) < 4.78 is 145. The fourth-order valence-electron chi connectivity index (χ4n) is 4.92. The first-order valence-corrected chi connectivity index (χ1v) is 13.0. The van der Waals surface area contributed by atoms with Crippen molar-refractivity contribution in [2.45, 2.75) is 50.3 Å². The molecule has 2 atom stereocenters. The molecule has 1 amide bonds. The van der Waals surface area contributed by atoms with Crippen molar-refractivity contribution in [2.24, 2.45) is 0 Å². The van der Waals surface area contributed by atoms with E-state index in [1.165, 1.54) is 11.8 Å². The number of aromatic nitrogens is 3. The number of halogens is 10. The SMILES string of the molecule is COc1ncc(C(F)(F)F)cc1-c1cnc(N2CC(F)C2)nc1CN1C(=O)OC(c2cc(C(F)(F)F)cc(C(F)(F)F)c2)C1C. The van der Waals surface area contributed by atoms with Gasteiger partial charge in [-0.1, -0.05) is 0 Å². The minimum absolute atomic E-state index is 0.0361. The van der Waals surface area contributed by atoms with Crippen LogP contribution >= 0.6 is 0 Å². The van der Waals surface area contributed by atoms with Crippen molar-refractivity contribution in [3.8, 4) is 17.0 Å². The summed E-state index contributed by atoms with van der Waals surface area (Å²) in [6.45, 7) is 0.586. The van der Waals surface area contributed by atoms with Gasteiger partial charge in [0, 0.05) is 23.5 Å². The second-order valence-corrected chi connectivity index (χ2v) is 10.3. The second-order valence-electron chi connectivity index (χ2n) is 10.3. The number of ether oxygens (including phenoxy) is 2. The number of amides is 1. The monoisotopic (exact) mass is 653 g/mol. The van der Waals surface area contributed by atoms with E-state index in [0.717, 1.165) is 18.2 Å². The van der Waals surface area contributed by atoms with Gasteiger partial charge in [0.15, 0.2) is 0 Å². The van der Waals surface area contributed by atoms with Crippen LogP contribution in [0.15, 0.2) is 36.7 Å². The number of carbonyl (C=O) groups excluding carboxylic acids is 1. The summed E-state index contributed by atoms with van der Waals surface area (Å²) in [5, 5.41) is 0. The fraction of sp³-hybridized carbons (Fsp3) is 0.407. The van der Waals surface area contributed by atoms with Gasteiger partial charge in [-0.2, -0.15) is 39.5 Å². The first-order valence-electron chi connectivity index (χ1n) is 13.0. The third kappa shape index (κ3) is 6.40. The summed E-state index contributed by atoms with van der Waals surface area (Å²) in [6.07, 6.45) is -17.4. The van der Waals surface area contributed by atoms with E-state index in [1.807, 2.05) is 0 Å². The van der Waals surface area contributed by atoms with E-state index >= 15 is 0 Å². The molecule has 2 fully saturated rings. The number of hydrogen-bond acceptors (Lipinski definition) is 7. The molecule has 8 nitrogen and oxygen atoms in total. The Morgan fingerprint density at radius 2 is 1.47 bits per heavy atom. The van der Waals surface area contributed by atoms with Gasteiger partial charge in [0.2, 0.25) is 11.8 Å². The van der Waals surface area contributed by atoms with E-state index in [1.54, 1.807) is 0 Å². The largest absolute Gasteiger partial charge is 0.481 e. The zero-order chi connectivity index (χ0) is 33.1. The van der Waals surface area contributed by atoms with Crippen LogP contribution in [-0.2, 0) is 29.8 Å². The molecule has 242 valence electrons. The first-order chi connectivity index (χ1) is 20.9. The molecule has 0 aliphatic carbocycles. The smallest absolute Gasteiger partial charge is 0.417 e. The summed E-state index contributed by atoms with van der Waals surface area (Å²) in [5.74, 6) is -0.307. The van der Waals surface area contributed by atoms with Crippen molar-refractivity contribution in [3.63, 3.8) is 0 Å². The Morgan fingerprint density at radius 1 is 0.867 bits per heavy atom. The van der Waals surface area contributed by atoms with Gasteiger partial charge in [-0.05, 0) is 36.8 Å². The molecule has 0 spiro atoms. The van der Waals surface area contributed by atoms with Crippen LogP contribution < -0.4 is 9.64 Å². The van der Waals surface area contributed by atoms with Crippen molar-refractivity contribution in [1.82, 2.24) is 19.9 Å². The van der Waals surface area contributed by atoms with Gasteiger partial charge in [0.05, 0.1) is 55.2 Å². The van der Waals surface area contributed by atoms with Gasteiger partial charge in [0.1, 0.15) is 12.3 Å². The van der Waals surface area contributed by atoms with Crippen LogP contribution in [0.25, 0.3) is 11.1 Å². The maximum atomic E-state index is 13.6. The highest BCUT2D eigenvalue weighted by molar-refractivity contribution is 5.74. The Hall–Kier alpha value is -4.38. The fourth-order valence-corrected chi connectivity index (χ4v) is 4.92. The molecule has 18 heteroatoms. The predicted molar refractivity (Wildman–Crippen MR) is 135 cm³/mol. The van der Waals surface area contributed by atoms with E-state index in [9.17, 15) is 48.7 Å². The predicted octanol–water partition coefficient (Wildman–Crippen LogP) is 6.84. The van der Waals surface area contributed by atoms with Crippen molar-refractivity contribution in [3.05, 3.63) is 64.6 Å². The normalized spacial score (nSPS) is 19.5. The van der Waals surface area contributed by atoms with Crippen LogP contribution in [0.3, 0.4) is 0 Å². The van der Waals surface area contributed by atoms with Crippen molar-refractivity contribution in [2.75, 3.05) is 25.1 Å². The van der Waals surface area contributed by atoms with Crippen LogP contribution in [0.5, 0.6) is 5.88 Å². The summed E-state index contributed by atoms with van der Waals surface area (Å²) >= 11 is 0. The average molecular weight is 653 g/mol. The van der Waals surface area contributed by atoms with Gasteiger partial charge in [0.25, 0.3) is 0 Å². The number of benzene rings is 1. The molecule has 4 heterocycles. The topological polar surface area (TPSA) is 80.7 Å². The van der Waals surface area contributed by atoms with Crippen LogP contribution in [0.2, 0.25) is 0 Å². The maximum Gasteiger partial charge on any atom is 0.417 e. The Kier molecular flexibility index (Phi) is 7.97. The molecule has 2 aliphatic heterocycles. The number of hydrogen-bond donors (Lipinski definition) is 0. The third-order valence-corrected chi connectivity index (χ3v) is 7.29. The minimum atomic E-state index is -5.15. The Labute approximate surface area is 247 Å². The highest BCUT2D eigenvalue weighted by Crippen LogP contribution is 2.42. The lowest BCUT2D eigenvalue weighted by Crippen LogP contribution is -2.49. The zero-order valence-electron chi connectivity index (χ0n) is 23.1. The number of nitrogens with zero attached hydrogens (tertiary/aromatic N) is 5. The molecule has 2 unspecified atom stereocenters. The number of carbonyl (C=O) groups is 1. The molecule has 2 aliphatic rings. The molecule has 5 rings (SSSR count).